The van der Waals surface area contributed by atoms with Gasteiger partial charge in [0.2, 0.25) is 0 Å². The summed E-state index contributed by atoms with van der Waals surface area (Å²) < 4.78 is 0. The van der Waals surface area contributed by atoms with Crippen molar-refractivity contribution in [2.45, 2.75) is 0 Å². The number of thiophene rings is 3. The number of hydrogen-bond acceptors (Lipinski definition) is 5. The van der Waals surface area contributed by atoms with Crippen molar-refractivity contribution in [2.24, 2.45) is 0 Å². The summed E-state index contributed by atoms with van der Waals surface area (Å²) in [5.41, 5.74) is 0. The van der Waals surface area contributed by atoms with Gasteiger partial charge in [-0.2, -0.15) is 0 Å². The fourth-order valence-corrected chi connectivity index (χ4v) is 3.97. The molecular formula is C18H12O2S3. The molecule has 5 heteroatoms. The van der Waals surface area contributed by atoms with Crippen LogP contribution in [0, 0.1) is 0 Å². The van der Waals surface area contributed by atoms with Crippen LogP contribution in [0.2, 0.25) is 0 Å². The van der Waals surface area contributed by atoms with Gasteiger partial charge in [-0.25, -0.2) is 0 Å². The molecule has 0 aliphatic heterocycles. The molecule has 3 rings (SSSR count). The van der Waals surface area contributed by atoms with Crippen molar-refractivity contribution in [1.29, 1.82) is 0 Å². The summed E-state index contributed by atoms with van der Waals surface area (Å²) in [6, 6.07) is 11.2. The predicted molar refractivity (Wildman–Crippen MR) is 99.7 cm³/mol. The third-order valence-electron chi connectivity index (χ3n) is 2.97. The lowest BCUT2D eigenvalue weighted by molar-refractivity contribution is 0.104. The number of ketones is 2. The fourth-order valence-electron chi connectivity index (χ4n) is 1.86. The van der Waals surface area contributed by atoms with E-state index in [1.54, 1.807) is 23.5 Å². The minimum Gasteiger partial charge on any atom is -0.288 e. The highest BCUT2D eigenvalue weighted by atomic mass is 32.1. The Labute approximate surface area is 146 Å². The molecule has 0 N–H and O–H groups in total. The second-order valence-electron chi connectivity index (χ2n) is 4.59. The monoisotopic (exact) mass is 356 g/mol. The maximum absolute atomic E-state index is 11.9. The van der Waals surface area contributed by atoms with Gasteiger partial charge >= 0.3 is 0 Å². The highest BCUT2D eigenvalue weighted by Gasteiger charge is 2.03. The van der Waals surface area contributed by atoms with Gasteiger partial charge in [-0.1, -0.05) is 12.1 Å². The van der Waals surface area contributed by atoms with Crippen LogP contribution in [0.3, 0.4) is 0 Å². The minimum absolute atomic E-state index is 0.0124. The first-order valence-electron chi connectivity index (χ1n) is 6.84. The second kappa shape index (κ2) is 7.46. The van der Waals surface area contributed by atoms with E-state index < -0.39 is 0 Å². The molecule has 3 heterocycles. The van der Waals surface area contributed by atoms with E-state index in [0.29, 0.717) is 0 Å². The highest BCUT2D eigenvalue weighted by Crippen LogP contribution is 2.21. The van der Waals surface area contributed by atoms with E-state index >= 15 is 0 Å². The third-order valence-corrected chi connectivity index (χ3v) is 5.76. The molecule has 0 aromatic carbocycles. The average molecular weight is 356 g/mol. The lowest BCUT2D eigenvalue weighted by Crippen LogP contribution is -1.88. The van der Waals surface area contributed by atoms with Crippen molar-refractivity contribution in [3.8, 4) is 0 Å². The van der Waals surface area contributed by atoms with Crippen LogP contribution in [0.25, 0.3) is 12.2 Å². The fraction of sp³-hybridized carbons (Fsp3) is 0. The Morgan fingerprint density at radius 1 is 0.739 bits per heavy atom. The van der Waals surface area contributed by atoms with Crippen molar-refractivity contribution in [1.82, 2.24) is 0 Å². The lowest BCUT2D eigenvalue weighted by atomic mass is 10.2. The molecule has 23 heavy (non-hydrogen) atoms. The topological polar surface area (TPSA) is 34.1 Å². The van der Waals surface area contributed by atoms with E-state index in [1.165, 1.54) is 22.7 Å². The zero-order valence-corrected chi connectivity index (χ0v) is 14.4. The highest BCUT2D eigenvalue weighted by molar-refractivity contribution is 7.14. The normalized spacial score (nSPS) is 11.5. The maximum Gasteiger partial charge on any atom is 0.195 e. The molecule has 0 saturated heterocycles. The van der Waals surface area contributed by atoms with Gasteiger partial charge in [0.1, 0.15) is 0 Å². The predicted octanol–water partition coefficient (Wildman–Crippen LogP) is 5.66. The van der Waals surface area contributed by atoms with Crippen LogP contribution < -0.4 is 0 Å². The SMILES string of the molecule is O=C(/C=C/c1ccc(/C=C/C(=O)c2cccs2)s1)c1cccs1. The van der Waals surface area contributed by atoms with E-state index in [1.807, 2.05) is 59.3 Å². The molecule has 0 aliphatic carbocycles. The molecular weight excluding hydrogens is 344 g/mol. The summed E-state index contributed by atoms with van der Waals surface area (Å²) in [5, 5.41) is 3.78. The summed E-state index contributed by atoms with van der Waals surface area (Å²) in [6.07, 6.45) is 6.79. The lowest BCUT2D eigenvalue weighted by Gasteiger charge is -1.88. The summed E-state index contributed by atoms with van der Waals surface area (Å²) >= 11 is 4.41. The van der Waals surface area contributed by atoms with Gasteiger partial charge in [0.25, 0.3) is 0 Å². The van der Waals surface area contributed by atoms with Gasteiger partial charge in [0, 0.05) is 9.75 Å². The molecule has 3 aromatic heterocycles. The van der Waals surface area contributed by atoms with Crippen LogP contribution in [-0.2, 0) is 0 Å². The first-order valence-corrected chi connectivity index (χ1v) is 9.41. The molecule has 3 aromatic rings. The minimum atomic E-state index is 0.0124. The first kappa shape index (κ1) is 15.8. The first-order chi connectivity index (χ1) is 11.2. The van der Waals surface area contributed by atoms with E-state index in [4.69, 9.17) is 0 Å². The zero-order chi connectivity index (χ0) is 16.1. The average Bonchev–Trinajstić information content (AvgIpc) is 3.32. The van der Waals surface area contributed by atoms with E-state index in [2.05, 4.69) is 0 Å². The van der Waals surface area contributed by atoms with Crippen molar-refractivity contribution in [2.75, 3.05) is 0 Å². The molecule has 0 fully saturated rings. The third kappa shape index (κ3) is 4.22. The zero-order valence-electron chi connectivity index (χ0n) is 12.0. The number of carbonyl (C=O) groups is 2. The quantitative estimate of drug-likeness (QED) is 0.422. The van der Waals surface area contributed by atoms with Crippen molar-refractivity contribution in [3.05, 3.63) is 78.8 Å². The molecule has 0 bridgehead atoms. The van der Waals surface area contributed by atoms with Gasteiger partial charge in [-0.3, -0.25) is 9.59 Å². The van der Waals surface area contributed by atoms with Gasteiger partial charge in [-0.15, -0.1) is 34.0 Å². The molecule has 0 saturated carbocycles. The Morgan fingerprint density at radius 2 is 1.22 bits per heavy atom. The van der Waals surface area contributed by atoms with Gasteiger partial charge in [-0.05, 0) is 59.3 Å². The molecule has 0 atom stereocenters. The molecule has 2 nitrogen and oxygen atoms in total. The van der Waals surface area contributed by atoms with Crippen molar-refractivity contribution < 1.29 is 9.59 Å². The van der Waals surface area contributed by atoms with Gasteiger partial charge in [0.05, 0.1) is 9.75 Å². The summed E-state index contributed by atoms with van der Waals surface area (Å²) in [6.45, 7) is 0. The van der Waals surface area contributed by atoms with E-state index in [0.717, 1.165) is 19.5 Å². The van der Waals surface area contributed by atoms with E-state index in [-0.39, 0.29) is 11.6 Å². The van der Waals surface area contributed by atoms with Crippen molar-refractivity contribution >= 4 is 57.7 Å². The Hall–Kier alpha value is -2.08. The number of hydrogen-bond donors (Lipinski definition) is 0. The smallest absolute Gasteiger partial charge is 0.195 e. The van der Waals surface area contributed by atoms with Gasteiger partial charge < -0.3 is 0 Å². The standard InChI is InChI=1S/C18H12O2S3/c19-15(17-3-1-11-21-17)9-7-13-5-6-14(23-13)8-10-16(20)18-4-2-12-22-18/h1-12H/b9-7+,10-8+. The Balaban J connectivity index is 1.64. The number of carbonyl (C=O) groups excluding carboxylic acids is 2. The molecule has 0 amide bonds. The van der Waals surface area contributed by atoms with Gasteiger partial charge in [0.15, 0.2) is 11.6 Å². The number of rotatable bonds is 6. The van der Waals surface area contributed by atoms with Crippen LogP contribution in [-0.4, -0.2) is 11.6 Å². The Bertz CT molecular complexity index is 779. The van der Waals surface area contributed by atoms with Crippen molar-refractivity contribution in [3.63, 3.8) is 0 Å². The molecule has 0 spiro atoms. The largest absolute Gasteiger partial charge is 0.288 e. The van der Waals surface area contributed by atoms with Crippen LogP contribution in [0.15, 0.2) is 59.3 Å². The molecule has 114 valence electrons. The number of allylic oxidation sites excluding steroid dienone is 2. The Kier molecular flexibility index (Phi) is 5.12. The van der Waals surface area contributed by atoms with E-state index in [9.17, 15) is 9.59 Å². The molecule has 0 aliphatic rings. The summed E-state index contributed by atoms with van der Waals surface area (Å²) in [7, 11) is 0. The molecule has 0 unspecified atom stereocenters. The summed E-state index contributed by atoms with van der Waals surface area (Å²) in [4.78, 5) is 27.2. The second-order valence-corrected chi connectivity index (χ2v) is 7.63. The van der Waals surface area contributed by atoms with Crippen LogP contribution in [0.4, 0.5) is 0 Å². The Morgan fingerprint density at radius 3 is 1.61 bits per heavy atom. The maximum atomic E-state index is 11.9. The summed E-state index contributed by atoms with van der Waals surface area (Å²) in [5.74, 6) is 0.0248. The molecule has 0 radical (unpaired) electrons. The van der Waals surface area contributed by atoms with Crippen LogP contribution >= 0.6 is 34.0 Å². The van der Waals surface area contributed by atoms with Crippen LogP contribution in [0.5, 0.6) is 0 Å². The van der Waals surface area contributed by atoms with Crippen LogP contribution in [0.1, 0.15) is 29.1 Å².